The van der Waals surface area contributed by atoms with Crippen LogP contribution in [0.1, 0.15) is 55.4 Å². The normalized spacial score (nSPS) is 13.0. The molecule has 0 saturated heterocycles. The molecule has 0 aliphatic rings. The van der Waals surface area contributed by atoms with E-state index in [0.717, 1.165) is 26.7 Å². The van der Waals surface area contributed by atoms with Gasteiger partial charge in [-0.05, 0) is 63.8 Å². The van der Waals surface area contributed by atoms with E-state index >= 15 is 0 Å². The van der Waals surface area contributed by atoms with E-state index < -0.39 is 23.8 Å². The zero-order chi connectivity index (χ0) is 20.0. The Labute approximate surface area is 163 Å². The van der Waals surface area contributed by atoms with Crippen molar-refractivity contribution in [3.05, 3.63) is 32.8 Å². The average molecular weight is 427 g/mol. The lowest BCUT2D eigenvalue weighted by atomic mass is 9.79. The zero-order valence-electron chi connectivity index (χ0n) is 16.3. The lowest BCUT2D eigenvalue weighted by molar-refractivity contribution is -0.153. The van der Waals surface area contributed by atoms with Gasteiger partial charge in [0.1, 0.15) is 11.7 Å². The largest absolute Gasteiger partial charge is 0.466 e. The molecule has 2 atom stereocenters. The highest BCUT2D eigenvalue weighted by Crippen LogP contribution is 2.38. The molecule has 0 bridgehead atoms. The Morgan fingerprint density at radius 1 is 1.04 bits per heavy atom. The molecule has 1 aromatic carbocycles. The SMILES string of the molecule is CCOC(=O)CC(c1cc(C)c(C)c(C)c1Br)C(C(C)=O)C(=O)OCC. The number of ketones is 1. The summed E-state index contributed by atoms with van der Waals surface area (Å²) in [4.78, 5) is 37.0. The molecule has 0 heterocycles. The summed E-state index contributed by atoms with van der Waals surface area (Å²) in [6.45, 7) is 11.1. The number of Topliss-reactive ketones (excluding diaryl/α,β-unsaturated/α-hetero) is 1. The van der Waals surface area contributed by atoms with Crippen LogP contribution < -0.4 is 0 Å². The van der Waals surface area contributed by atoms with Crippen molar-refractivity contribution in [3.63, 3.8) is 0 Å². The van der Waals surface area contributed by atoms with E-state index in [1.807, 2.05) is 26.8 Å². The van der Waals surface area contributed by atoms with E-state index in [4.69, 9.17) is 9.47 Å². The molecule has 1 rings (SSSR count). The highest BCUT2D eigenvalue weighted by molar-refractivity contribution is 9.10. The maximum absolute atomic E-state index is 12.5. The van der Waals surface area contributed by atoms with Crippen LogP contribution in [-0.4, -0.2) is 30.9 Å². The van der Waals surface area contributed by atoms with Crippen LogP contribution in [0.5, 0.6) is 0 Å². The van der Waals surface area contributed by atoms with Crippen LogP contribution in [0.2, 0.25) is 0 Å². The van der Waals surface area contributed by atoms with Gasteiger partial charge in [-0.3, -0.25) is 14.4 Å². The molecule has 0 spiro atoms. The van der Waals surface area contributed by atoms with Crippen LogP contribution in [-0.2, 0) is 23.9 Å². The number of rotatable bonds is 8. The van der Waals surface area contributed by atoms with Crippen LogP contribution in [0, 0.1) is 26.7 Å². The van der Waals surface area contributed by atoms with Gasteiger partial charge in [-0.15, -0.1) is 0 Å². The number of esters is 2. The minimum absolute atomic E-state index is 0.0720. The number of hydrogen-bond donors (Lipinski definition) is 0. The van der Waals surface area contributed by atoms with Gasteiger partial charge in [-0.1, -0.05) is 22.0 Å². The third-order valence-corrected chi connectivity index (χ3v) is 5.63. The average Bonchev–Trinajstić information content (AvgIpc) is 2.56. The van der Waals surface area contributed by atoms with Gasteiger partial charge >= 0.3 is 11.9 Å². The number of benzene rings is 1. The highest BCUT2D eigenvalue weighted by atomic mass is 79.9. The summed E-state index contributed by atoms with van der Waals surface area (Å²) in [5.41, 5.74) is 3.90. The van der Waals surface area contributed by atoms with Gasteiger partial charge < -0.3 is 9.47 Å². The third kappa shape index (κ3) is 5.16. The highest BCUT2D eigenvalue weighted by Gasteiger charge is 2.38. The molecule has 5 nitrogen and oxygen atoms in total. The molecule has 26 heavy (non-hydrogen) atoms. The third-order valence-electron chi connectivity index (χ3n) is 4.58. The fourth-order valence-corrected chi connectivity index (χ4v) is 3.71. The minimum atomic E-state index is -1.06. The Morgan fingerprint density at radius 3 is 2.12 bits per heavy atom. The minimum Gasteiger partial charge on any atom is -0.466 e. The van der Waals surface area contributed by atoms with E-state index in [0.29, 0.717) is 0 Å². The first kappa shape index (κ1) is 22.4. The second-order valence-electron chi connectivity index (χ2n) is 6.30. The lowest BCUT2D eigenvalue weighted by Crippen LogP contribution is -2.32. The molecule has 6 heteroatoms. The van der Waals surface area contributed by atoms with Crippen molar-refractivity contribution >= 4 is 33.7 Å². The Morgan fingerprint density at radius 2 is 1.62 bits per heavy atom. The number of carbonyl (C=O) groups is 3. The summed E-state index contributed by atoms with van der Waals surface area (Å²) in [7, 11) is 0. The molecule has 2 unspecified atom stereocenters. The maximum atomic E-state index is 12.5. The summed E-state index contributed by atoms with van der Waals surface area (Å²) in [6.07, 6.45) is -0.0720. The first-order valence-corrected chi connectivity index (χ1v) is 9.53. The van der Waals surface area contributed by atoms with E-state index in [1.54, 1.807) is 13.8 Å². The molecule has 0 aliphatic heterocycles. The van der Waals surface area contributed by atoms with Crippen LogP contribution in [0.15, 0.2) is 10.5 Å². The summed E-state index contributed by atoms with van der Waals surface area (Å²) < 4.78 is 11.0. The zero-order valence-corrected chi connectivity index (χ0v) is 17.9. The van der Waals surface area contributed by atoms with E-state index in [2.05, 4.69) is 15.9 Å². The second kappa shape index (κ2) is 9.86. The fourth-order valence-electron chi connectivity index (χ4n) is 3.00. The maximum Gasteiger partial charge on any atom is 0.317 e. The predicted molar refractivity (Wildman–Crippen MR) is 103 cm³/mol. The number of halogens is 1. The monoisotopic (exact) mass is 426 g/mol. The standard InChI is InChI=1S/C20H27BrO5/c1-7-25-17(23)10-15(18(14(6)22)20(24)26-8-2)16-9-11(3)12(4)13(5)19(16)21/h9,15,18H,7-8,10H2,1-6H3. The quantitative estimate of drug-likeness (QED) is 0.460. The molecule has 0 saturated carbocycles. The van der Waals surface area contributed by atoms with E-state index in [-0.39, 0.29) is 25.4 Å². The smallest absolute Gasteiger partial charge is 0.317 e. The van der Waals surface area contributed by atoms with Gasteiger partial charge in [0.15, 0.2) is 0 Å². The first-order valence-electron chi connectivity index (χ1n) is 8.74. The van der Waals surface area contributed by atoms with Crippen molar-refractivity contribution in [2.24, 2.45) is 5.92 Å². The van der Waals surface area contributed by atoms with E-state index in [1.165, 1.54) is 6.92 Å². The molecular weight excluding hydrogens is 400 g/mol. The summed E-state index contributed by atoms with van der Waals surface area (Å²) >= 11 is 3.58. The topological polar surface area (TPSA) is 69.7 Å². The second-order valence-corrected chi connectivity index (χ2v) is 7.10. The van der Waals surface area contributed by atoms with Crippen molar-refractivity contribution < 1.29 is 23.9 Å². The fraction of sp³-hybridized carbons (Fsp3) is 0.550. The molecule has 0 aromatic heterocycles. The lowest BCUT2D eigenvalue weighted by Gasteiger charge is -2.26. The Kier molecular flexibility index (Phi) is 8.47. The molecule has 0 fully saturated rings. The number of aryl methyl sites for hydroxylation is 1. The van der Waals surface area contributed by atoms with Crippen molar-refractivity contribution in [2.75, 3.05) is 13.2 Å². The van der Waals surface area contributed by atoms with Gasteiger partial charge in [-0.25, -0.2) is 0 Å². The summed E-state index contributed by atoms with van der Waals surface area (Å²) in [5.74, 6) is -3.11. The van der Waals surface area contributed by atoms with Crippen molar-refractivity contribution in [1.82, 2.24) is 0 Å². The summed E-state index contributed by atoms with van der Waals surface area (Å²) in [6, 6.07) is 1.92. The predicted octanol–water partition coefficient (Wildman–Crippen LogP) is 4.18. The van der Waals surface area contributed by atoms with Crippen LogP contribution >= 0.6 is 15.9 Å². The van der Waals surface area contributed by atoms with Crippen molar-refractivity contribution in [2.45, 2.75) is 53.9 Å². The number of hydrogen-bond acceptors (Lipinski definition) is 5. The van der Waals surface area contributed by atoms with Crippen LogP contribution in [0.4, 0.5) is 0 Å². The Balaban J connectivity index is 3.52. The van der Waals surface area contributed by atoms with E-state index in [9.17, 15) is 14.4 Å². The number of carbonyl (C=O) groups excluding carboxylic acids is 3. The summed E-state index contributed by atoms with van der Waals surface area (Å²) in [5, 5.41) is 0. The molecule has 0 radical (unpaired) electrons. The van der Waals surface area contributed by atoms with Gasteiger partial charge in [0.05, 0.1) is 19.6 Å². The molecule has 1 aromatic rings. The van der Waals surface area contributed by atoms with Gasteiger partial charge in [0.2, 0.25) is 0 Å². The molecule has 0 N–H and O–H groups in total. The Hall–Kier alpha value is -1.69. The van der Waals surface area contributed by atoms with Crippen LogP contribution in [0.3, 0.4) is 0 Å². The van der Waals surface area contributed by atoms with Crippen molar-refractivity contribution in [1.29, 1.82) is 0 Å². The Bertz CT molecular complexity index is 696. The van der Waals surface area contributed by atoms with Gasteiger partial charge in [-0.2, -0.15) is 0 Å². The van der Waals surface area contributed by atoms with Crippen molar-refractivity contribution in [3.8, 4) is 0 Å². The molecule has 0 aliphatic carbocycles. The molecular formula is C20H27BrO5. The number of ether oxygens (including phenoxy) is 2. The molecule has 0 amide bonds. The van der Waals surface area contributed by atoms with Gasteiger partial charge in [0, 0.05) is 10.4 Å². The molecule has 144 valence electrons. The van der Waals surface area contributed by atoms with Gasteiger partial charge in [0.25, 0.3) is 0 Å². The van der Waals surface area contributed by atoms with Crippen LogP contribution in [0.25, 0.3) is 0 Å². The first-order chi connectivity index (χ1) is 12.1.